The molecule has 0 saturated carbocycles. The number of nitrogens with two attached hydrogens (primary N) is 1. The Labute approximate surface area is 486 Å². The minimum absolute atomic E-state index is 0.00754. The molecule has 2 aromatic rings. The standard InChI is InChI=1S/C34H55NO14S2.C21H32N2O4S2/c36-18-26(40)33(49-34-32(45)31(44)30(43)27(19-37)48-34)29(42)25(39)9-8-21-4-3-5-22(16-21)17-23(38)20-47-14-13-46-12-11-35-28(41)7-2-1-6-24-10-15-50-51-24;22-18-5-3-4-17(14-18)15-19(24)16-27-12-11-26-10-9-23-21(25)7-2-1-6-20-8-13-28-29-20/h3-5,16,24-27,29-34,36-37,39-40,42-45H,1-2,6-15,17-20H2,(H,35,41);3-5,14,20H,1-2,6-13,15-16,22H2,(H,23,25)/t24?,25?,26?,27?,29-,30+,31+,32?,33-,34-;/m0./s1. The van der Waals surface area contributed by atoms with E-state index in [-0.39, 0.29) is 69.1 Å². The third-order valence-electron chi connectivity index (χ3n) is 13.1. The molecule has 2 aromatic carbocycles. The van der Waals surface area contributed by atoms with Crippen molar-refractivity contribution >= 4 is 72.2 Å². The summed E-state index contributed by atoms with van der Waals surface area (Å²) in [5.41, 5.74) is 8.72. The molecule has 0 aliphatic carbocycles. The summed E-state index contributed by atoms with van der Waals surface area (Å²) in [4.78, 5) is 48.1. The second-order valence-electron chi connectivity index (χ2n) is 19.8. The molecule has 80 heavy (non-hydrogen) atoms. The van der Waals surface area contributed by atoms with Gasteiger partial charge in [0.15, 0.2) is 17.9 Å². The van der Waals surface area contributed by atoms with Gasteiger partial charge in [-0.15, -0.1) is 0 Å². The number of hydrogen-bond donors (Lipinski definition) is 11. The van der Waals surface area contributed by atoms with Gasteiger partial charge in [0.1, 0.15) is 55.9 Å². The lowest BCUT2D eigenvalue weighted by Gasteiger charge is -2.42. The van der Waals surface area contributed by atoms with Crippen molar-refractivity contribution in [2.24, 2.45) is 0 Å². The molecule has 2 amide bonds. The number of rotatable bonds is 40. The molecule has 0 aromatic heterocycles. The van der Waals surface area contributed by atoms with Crippen LogP contribution in [0.4, 0.5) is 5.69 Å². The quantitative estimate of drug-likeness (QED) is 0.0259. The number of unbranched alkanes of at least 4 members (excludes halogenated alkanes) is 2. The maximum Gasteiger partial charge on any atom is 0.220 e. The molecule has 0 bridgehead atoms. The van der Waals surface area contributed by atoms with Crippen LogP contribution in [0.5, 0.6) is 0 Å². The summed E-state index contributed by atoms with van der Waals surface area (Å²) < 4.78 is 32.4. The highest BCUT2D eigenvalue weighted by atomic mass is 33.1. The van der Waals surface area contributed by atoms with Gasteiger partial charge in [0.05, 0.1) is 59.0 Å². The number of anilines is 1. The van der Waals surface area contributed by atoms with Gasteiger partial charge in [-0.1, -0.05) is 92.4 Å². The Kier molecular flexibility index (Phi) is 36.1. The second-order valence-corrected chi connectivity index (χ2v) is 25.4. The zero-order valence-electron chi connectivity index (χ0n) is 45.6. The molecule has 3 aliphatic heterocycles. The van der Waals surface area contributed by atoms with Crippen molar-refractivity contribution in [3.8, 4) is 0 Å². The first-order valence-corrected chi connectivity index (χ1v) is 32.4. The molecule has 11 atom stereocenters. The smallest absolute Gasteiger partial charge is 0.220 e. The number of nitrogens with one attached hydrogen (secondary N) is 2. The Balaban J connectivity index is 0.000000401. The molecule has 25 heteroatoms. The van der Waals surface area contributed by atoms with Crippen molar-refractivity contribution in [2.45, 2.75) is 156 Å². The molecule has 6 unspecified atom stereocenters. The predicted molar refractivity (Wildman–Crippen MR) is 310 cm³/mol. The third kappa shape index (κ3) is 28.8. The van der Waals surface area contributed by atoms with Crippen LogP contribution >= 0.6 is 43.2 Å². The highest BCUT2D eigenvalue weighted by Crippen LogP contribution is 2.40. The number of ketones is 2. The highest BCUT2D eigenvalue weighted by molar-refractivity contribution is 8.77. The van der Waals surface area contributed by atoms with Crippen molar-refractivity contribution in [3.63, 3.8) is 0 Å². The molecule has 3 aliphatic rings. The molecule has 3 heterocycles. The van der Waals surface area contributed by atoms with Crippen molar-refractivity contribution < 1.29 is 88.5 Å². The maximum atomic E-state index is 12.5. The minimum Gasteiger partial charge on any atom is -0.399 e. The van der Waals surface area contributed by atoms with E-state index in [1.165, 1.54) is 37.2 Å². The van der Waals surface area contributed by atoms with Crippen LogP contribution < -0.4 is 16.4 Å². The van der Waals surface area contributed by atoms with Gasteiger partial charge in [0, 0.05) is 66.5 Å². The van der Waals surface area contributed by atoms with Crippen LogP contribution in [0, 0.1) is 0 Å². The maximum absolute atomic E-state index is 12.5. The van der Waals surface area contributed by atoms with Gasteiger partial charge in [0.25, 0.3) is 0 Å². The topological polar surface area (TPSA) is 336 Å². The van der Waals surface area contributed by atoms with Crippen molar-refractivity contribution in [3.05, 3.63) is 65.2 Å². The normalized spacial score (nSPS) is 22.4. The molecule has 3 fully saturated rings. The zero-order chi connectivity index (χ0) is 57.9. The van der Waals surface area contributed by atoms with Gasteiger partial charge < -0.3 is 85.6 Å². The van der Waals surface area contributed by atoms with Crippen LogP contribution in [0.3, 0.4) is 0 Å². The fourth-order valence-corrected chi connectivity index (χ4v) is 14.7. The summed E-state index contributed by atoms with van der Waals surface area (Å²) >= 11 is 0. The van der Waals surface area contributed by atoms with Crippen molar-refractivity contribution in [1.82, 2.24) is 10.6 Å². The van der Waals surface area contributed by atoms with Crippen LogP contribution in [-0.2, 0) is 66.9 Å². The average molecular weight is 1210 g/mol. The highest BCUT2D eigenvalue weighted by Gasteiger charge is 2.47. The van der Waals surface area contributed by atoms with Crippen molar-refractivity contribution in [2.75, 3.05) is 96.4 Å². The number of aryl methyl sites for hydroxylation is 1. The van der Waals surface area contributed by atoms with Gasteiger partial charge in [-0.05, 0) is 80.2 Å². The summed E-state index contributed by atoms with van der Waals surface area (Å²) in [6.45, 7) is 1.35. The van der Waals surface area contributed by atoms with Gasteiger partial charge in [-0.25, -0.2) is 0 Å². The summed E-state index contributed by atoms with van der Waals surface area (Å²) in [6.07, 6.45) is -4.14. The lowest BCUT2D eigenvalue weighted by Crippen LogP contribution is -2.61. The number of ether oxygens (including phenoxy) is 6. The summed E-state index contributed by atoms with van der Waals surface area (Å²) in [6, 6.07) is 14.4. The summed E-state index contributed by atoms with van der Waals surface area (Å²) in [7, 11) is 7.85. The number of hydrogen-bond acceptors (Lipinski definition) is 23. The van der Waals surface area contributed by atoms with Crippen LogP contribution in [0.15, 0.2) is 48.5 Å². The first kappa shape index (κ1) is 69.9. The zero-order valence-corrected chi connectivity index (χ0v) is 48.9. The third-order valence-corrected chi connectivity index (χ3v) is 19.1. The van der Waals surface area contributed by atoms with Crippen LogP contribution in [0.25, 0.3) is 0 Å². The number of benzene rings is 2. The SMILES string of the molecule is Nc1cccc(CC(=O)COCCOCCNC(=O)CCCCC2CCSS2)c1.O=C(COCCOCCNC(=O)CCCCC1CCSS1)Cc1cccc(CCC(O)[C@H](O)[C@@H](O[C@@H]2OC(CO)[C@@H](O)[C@@H](O)C2O)C(O)CO)c1. The number of carbonyl (C=O) groups is 4. The number of aliphatic hydroxyl groups excluding tert-OH is 8. The van der Waals surface area contributed by atoms with Crippen LogP contribution in [0.2, 0.25) is 0 Å². The predicted octanol–water partition coefficient (Wildman–Crippen LogP) is 2.10. The van der Waals surface area contributed by atoms with Crippen LogP contribution in [0.1, 0.15) is 87.3 Å². The van der Waals surface area contributed by atoms with E-state index in [0.29, 0.717) is 64.5 Å². The Morgan fingerprint density at radius 1 is 0.650 bits per heavy atom. The molecule has 0 radical (unpaired) electrons. The number of nitrogen functional groups attached to an aromatic ring is 1. The molecule has 12 N–H and O–H groups in total. The van der Waals surface area contributed by atoms with E-state index < -0.39 is 68.3 Å². The molecular weight excluding hydrogens is 1120 g/mol. The Bertz CT molecular complexity index is 2040. The van der Waals surface area contributed by atoms with E-state index in [1.807, 2.05) is 55.3 Å². The Morgan fingerprint density at radius 2 is 1.18 bits per heavy atom. The van der Waals surface area contributed by atoms with E-state index in [9.17, 15) is 60.0 Å². The largest absolute Gasteiger partial charge is 0.399 e. The Hall–Kier alpha value is -2.64. The average Bonchev–Trinajstić information content (AvgIpc) is 4.20. The van der Waals surface area contributed by atoms with Crippen LogP contribution in [-0.4, -0.2) is 221 Å². The van der Waals surface area contributed by atoms with E-state index >= 15 is 0 Å². The molecule has 21 nitrogen and oxygen atoms in total. The minimum atomic E-state index is -1.82. The number of aliphatic hydroxyl groups is 8. The Morgan fingerprint density at radius 3 is 1.69 bits per heavy atom. The lowest BCUT2D eigenvalue weighted by molar-refractivity contribution is -0.327. The first-order valence-electron chi connectivity index (χ1n) is 27.6. The fraction of sp³-hybridized carbons (Fsp3) is 0.709. The second kappa shape index (κ2) is 41.4. The summed E-state index contributed by atoms with van der Waals surface area (Å²) in [5.74, 6) is 2.46. The van der Waals surface area contributed by atoms with E-state index in [1.54, 1.807) is 36.4 Å². The first-order chi connectivity index (χ1) is 38.7. The van der Waals surface area contributed by atoms with Gasteiger partial charge in [-0.3, -0.25) is 19.2 Å². The number of Topliss-reactive ketones (excluding diaryl/α,β-unsaturated/α-hetero) is 2. The molecule has 5 rings (SSSR count). The number of amides is 2. The lowest BCUT2D eigenvalue weighted by atomic mass is 9.96. The number of carbonyl (C=O) groups excluding carboxylic acids is 4. The van der Waals surface area contributed by atoms with E-state index in [2.05, 4.69) is 10.6 Å². The van der Waals surface area contributed by atoms with Gasteiger partial charge >= 0.3 is 0 Å². The van der Waals surface area contributed by atoms with Gasteiger partial charge in [0.2, 0.25) is 11.8 Å². The monoisotopic (exact) mass is 1210 g/mol. The molecule has 3 saturated heterocycles. The van der Waals surface area contributed by atoms with Crippen molar-refractivity contribution in [1.29, 1.82) is 0 Å². The summed E-state index contributed by atoms with van der Waals surface area (Å²) in [5, 5.41) is 88.2. The van der Waals surface area contributed by atoms with Gasteiger partial charge in [-0.2, -0.15) is 0 Å². The molecule has 454 valence electrons. The molecule has 0 spiro atoms. The van der Waals surface area contributed by atoms with E-state index in [4.69, 9.17) is 34.2 Å². The van der Waals surface area contributed by atoms with E-state index in [0.717, 1.165) is 52.9 Å². The fourth-order valence-electron chi connectivity index (χ4n) is 8.66. The molecular formula is C55H87N3O18S4.